The number of nitrogens with zero attached hydrogens (tertiary/aromatic N) is 2. The lowest BCUT2D eigenvalue weighted by Gasteiger charge is -2.09. The number of benzene rings is 2. The Morgan fingerprint density at radius 3 is 2.38 bits per heavy atom. The highest BCUT2D eigenvalue weighted by molar-refractivity contribution is 5.52. The van der Waals surface area contributed by atoms with E-state index in [2.05, 4.69) is 45.2 Å². The first-order valence-corrected chi connectivity index (χ1v) is 7.29. The zero-order chi connectivity index (χ0) is 14.3. The van der Waals surface area contributed by atoms with Crippen LogP contribution < -0.4 is 5.32 Å². The van der Waals surface area contributed by atoms with Crippen molar-refractivity contribution in [1.29, 1.82) is 0 Å². The first-order chi connectivity index (χ1) is 10.4. The highest BCUT2D eigenvalue weighted by atomic mass is 15.2. The minimum Gasteiger partial charge on any atom is -0.326 e. The zero-order valence-corrected chi connectivity index (χ0v) is 11.9. The molecule has 0 radical (unpaired) electrons. The van der Waals surface area contributed by atoms with Crippen molar-refractivity contribution in [2.45, 2.75) is 19.4 Å². The van der Waals surface area contributed by atoms with Crippen LogP contribution in [0.3, 0.4) is 0 Å². The number of nitrogens with one attached hydrogen (secondary N) is 1. The normalized spacial score (nSPS) is 10.5. The number of para-hydroxylation sites is 1. The number of hydrogen-bond donors (Lipinski definition) is 1. The third-order valence-corrected chi connectivity index (χ3v) is 3.45. The van der Waals surface area contributed by atoms with E-state index in [0.29, 0.717) is 0 Å². The van der Waals surface area contributed by atoms with Gasteiger partial charge in [0, 0.05) is 24.6 Å². The molecule has 0 amide bonds. The van der Waals surface area contributed by atoms with Gasteiger partial charge in [0.05, 0.1) is 0 Å². The van der Waals surface area contributed by atoms with Crippen LogP contribution in [0.25, 0.3) is 0 Å². The van der Waals surface area contributed by atoms with Crippen LogP contribution in [0.2, 0.25) is 0 Å². The Bertz CT molecular complexity index is 659. The average molecular weight is 277 g/mol. The van der Waals surface area contributed by atoms with Crippen molar-refractivity contribution in [2.24, 2.45) is 0 Å². The molecule has 3 nitrogen and oxygen atoms in total. The van der Waals surface area contributed by atoms with Crippen LogP contribution in [0.15, 0.2) is 73.1 Å². The van der Waals surface area contributed by atoms with Gasteiger partial charge in [0.15, 0.2) is 0 Å². The number of aromatic nitrogens is 2. The maximum Gasteiger partial charge on any atom is 0.207 e. The van der Waals surface area contributed by atoms with Gasteiger partial charge in [0.1, 0.15) is 0 Å². The maximum atomic E-state index is 4.39. The third kappa shape index (κ3) is 3.72. The van der Waals surface area contributed by atoms with Crippen LogP contribution in [-0.2, 0) is 13.0 Å². The molecule has 0 fully saturated rings. The Labute approximate surface area is 125 Å². The fraction of sp³-hybridized carbons (Fsp3) is 0.167. The van der Waals surface area contributed by atoms with E-state index < -0.39 is 0 Å². The third-order valence-electron chi connectivity index (χ3n) is 3.45. The highest BCUT2D eigenvalue weighted by Crippen LogP contribution is 2.15. The molecule has 1 N–H and O–H groups in total. The number of imidazole rings is 1. The molecule has 2 aromatic carbocycles. The molecule has 0 saturated heterocycles. The van der Waals surface area contributed by atoms with Crippen molar-refractivity contribution in [3.8, 4) is 0 Å². The summed E-state index contributed by atoms with van der Waals surface area (Å²) in [6, 6.07) is 20.7. The van der Waals surface area contributed by atoms with Gasteiger partial charge < -0.3 is 9.88 Å². The molecule has 1 heterocycles. The Kier molecular flexibility index (Phi) is 4.32. The Morgan fingerprint density at radius 1 is 0.905 bits per heavy atom. The molecule has 1 aromatic heterocycles. The molecule has 0 bridgehead atoms. The molecular formula is C18H19N3. The van der Waals surface area contributed by atoms with E-state index in [9.17, 15) is 0 Å². The number of aryl methyl sites for hydroxylation is 2. The van der Waals surface area contributed by atoms with E-state index in [4.69, 9.17) is 0 Å². The molecule has 0 atom stereocenters. The molecule has 0 unspecified atom stereocenters. The van der Waals surface area contributed by atoms with Crippen LogP contribution >= 0.6 is 0 Å². The molecule has 0 aliphatic carbocycles. The minimum absolute atomic E-state index is 0.897. The lowest BCUT2D eigenvalue weighted by atomic mass is 10.1. The predicted molar refractivity (Wildman–Crippen MR) is 86.7 cm³/mol. The summed E-state index contributed by atoms with van der Waals surface area (Å²) in [7, 11) is 0. The predicted octanol–water partition coefficient (Wildman–Crippen LogP) is 4.26. The number of rotatable bonds is 6. The maximum absolute atomic E-state index is 4.39. The van der Waals surface area contributed by atoms with Gasteiger partial charge in [0.2, 0.25) is 5.95 Å². The Hall–Kier alpha value is -2.55. The molecule has 0 aliphatic heterocycles. The Balaban J connectivity index is 1.58. The average Bonchev–Trinajstić information content (AvgIpc) is 2.97. The molecule has 0 aliphatic rings. The topological polar surface area (TPSA) is 29.9 Å². The van der Waals surface area contributed by atoms with E-state index in [1.807, 2.05) is 42.7 Å². The lowest BCUT2D eigenvalue weighted by molar-refractivity contribution is 0.649. The van der Waals surface area contributed by atoms with E-state index in [-0.39, 0.29) is 0 Å². The first-order valence-electron chi connectivity index (χ1n) is 7.29. The van der Waals surface area contributed by atoms with E-state index in [0.717, 1.165) is 31.0 Å². The van der Waals surface area contributed by atoms with Crippen LogP contribution in [0.5, 0.6) is 0 Å². The van der Waals surface area contributed by atoms with Crippen LogP contribution in [0.4, 0.5) is 11.6 Å². The summed E-state index contributed by atoms with van der Waals surface area (Å²) >= 11 is 0. The summed E-state index contributed by atoms with van der Waals surface area (Å²) in [6.07, 6.45) is 6.05. The van der Waals surface area contributed by atoms with Crippen molar-refractivity contribution in [3.05, 3.63) is 78.6 Å². The van der Waals surface area contributed by atoms with Crippen molar-refractivity contribution in [1.82, 2.24) is 9.55 Å². The summed E-state index contributed by atoms with van der Waals surface area (Å²) in [5.74, 6) is 0.897. The van der Waals surface area contributed by atoms with Gasteiger partial charge in [-0.15, -0.1) is 0 Å². The van der Waals surface area contributed by atoms with E-state index in [1.165, 1.54) is 5.56 Å². The first kappa shape index (κ1) is 13.4. The van der Waals surface area contributed by atoms with Gasteiger partial charge in [-0.3, -0.25) is 0 Å². The molecule has 0 saturated carbocycles. The summed E-state index contributed by atoms with van der Waals surface area (Å²) in [5, 5.41) is 3.35. The second kappa shape index (κ2) is 6.75. The monoisotopic (exact) mass is 277 g/mol. The quantitative estimate of drug-likeness (QED) is 0.729. The molecule has 21 heavy (non-hydrogen) atoms. The largest absolute Gasteiger partial charge is 0.326 e. The van der Waals surface area contributed by atoms with Crippen molar-refractivity contribution in [2.75, 3.05) is 5.32 Å². The molecule has 3 heteroatoms. The summed E-state index contributed by atoms with van der Waals surface area (Å²) in [5.41, 5.74) is 2.45. The van der Waals surface area contributed by atoms with E-state index in [1.54, 1.807) is 0 Å². The molecule has 3 aromatic rings. The Morgan fingerprint density at radius 2 is 1.62 bits per heavy atom. The summed E-state index contributed by atoms with van der Waals surface area (Å²) < 4.78 is 2.16. The van der Waals surface area contributed by atoms with Gasteiger partial charge in [0.25, 0.3) is 0 Å². The fourth-order valence-corrected chi connectivity index (χ4v) is 2.36. The molecular weight excluding hydrogens is 258 g/mol. The standard InChI is InChI=1S/C18H19N3/c1-3-8-16(9-4-1)10-7-14-21-15-13-19-18(21)20-17-11-5-2-6-12-17/h1-6,8-9,11-13,15H,7,10,14H2,(H,19,20). The zero-order valence-electron chi connectivity index (χ0n) is 11.9. The SMILES string of the molecule is c1ccc(CCCn2ccnc2Nc2ccccc2)cc1. The van der Waals surface area contributed by atoms with Crippen molar-refractivity contribution in [3.63, 3.8) is 0 Å². The van der Waals surface area contributed by atoms with Gasteiger partial charge in [-0.2, -0.15) is 0 Å². The van der Waals surface area contributed by atoms with Crippen LogP contribution in [0.1, 0.15) is 12.0 Å². The number of hydrogen-bond acceptors (Lipinski definition) is 2. The second-order valence-electron chi connectivity index (χ2n) is 5.02. The lowest BCUT2D eigenvalue weighted by Crippen LogP contribution is -2.04. The van der Waals surface area contributed by atoms with E-state index >= 15 is 0 Å². The van der Waals surface area contributed by atoms with Crippen LogP contribution in [0, 0.1) is 0 Å². The number of anilines is 2. The summed E-state index contributed by atoms with van der Waals surface area (Å²) in [6.45, 7) is 0.962. The summed E-state index contributed by atoms with van der Waals surface area (Å²) in [4.78, 5) is 4.39. The smallest absolute Gasteiger partial charge is 0.207 e. The molecule has 3 rings (SSSR count). The van der Waals surface area contributed by atoms with Crippen molar-refractivity contribution < 1.29 is 0 Å². The van der Waals surface area contributed by atoms with Gasteiger partial charge in [-0.25, -0.2) is 4.98 Å². The molecule has 0 spiro atoms. The van der Waals surface area contributed by atoms with Gasteiger partial charge in [-0.1, -0.05) is 48.5 Å². The highest BCUT2D eigenvalue weighted by Gasteiger charge is 2.02. The minimum atomic E-state index is 0.897. The van der Waals surface area contributed by atoms with Crippen molar-refractivity contribution >= 4 is 11.6 Å². The van der Waals surface area contributed by atoms with Crippen LogP contribution in [-0.4, -0.2) is 9.55 Å². The second-order valence-corrected chi connectivity index (χ2v) is 5.02. The van der Waals surface area contributed by atoms with Gasteiger partial charge >= 0.3 is 0 Å². The van der Waals surface area contributed by atoms with Gasteiger partial charge in [-0.05, 0) is 30.5 Å². The fourth-order valence-electron chi connectivity index (χ4n) is 2.36. The molecule has 106 valence electrons.